The Bertz CT molecular complexity index is 1140. The largest absolute Gasteiger partial charge is 0.380 e. The lowest BCUT2D eigenvalue weighted by Crippen LogP contribution is -2.41. The van der Waals surface area contributed by atoms with Crippen LogP contribution in [0.3, 0.4) is 0 Å². The minimum Gasteiger partial charge on any atom is -0.380 e. The van der Waals surface area contributed by atoms with Crippen LogP contribution in [0.1, 0.15) is 29.2 Å². The number of hydrogen-bond acceptors (Lipinski definition) is 2. The molecule has 0 radical (unpaired) electrons. The van der Waals surface area contributed by atoms with E-state index in [9.17, 15) is 5.11 Å². The van der Waals surface area contributed by atoms with Crippen LogP contribution in [0.4, 0.5) is 11.4 Å². The predicted molar refractivity (Wildman–Crippen MR) is 123 cm³/mol. The van der Waals surface area contributed by atoms with Crippen molar-refractivity contribution in [2.24, 2.45) is 0 Å². The lowest BCUT2D eigenvalue weighted by molar-refractivity contribution is 0.0578. The fraction of sp³-hybridized carbons (Fsp3) is 0.111. The molecule has 0 unspecified atom stereocenters. The highest BCUT2D eigenvalue weighted by atomic mass is 35.5. The summed E-state index contributed by atoms with van der Waals surface area (Å²) in [4.78, 5) is 2.32. The molecule has 0 amide bonds. The number of halogens is 1. The monoisotopic (exact) mass is 411 g/mol. The Balaban J connectivity index is 1.75. The second kappa shape index (κ2) is 7.64. The van der Waals surface area contributed by atoms with Crippen molar-refractivity contribution in [3.8, 4) is 0 Å². The van der Waals surface area contributed by atoms with Crippen LogP contribution in [-0.4, -0.2) is 5.11 Å². The quantitative estimate of drug-likeness (QED) is 0.398. The summed E-state index contributed by atoms with van der Waals surface area (Å²) in [6.45, 7) is 0. The summed E-state index contributed by atoms with van der Waals surface area (Å²) in [5.74, 6) is 0. The van der Waals surface area contributed by atoms with Crippen molar-refractivity contribution in [3.63, 3.8) is 0 Å². The minimum atomic E-state index is -1.08. The molecule has 3 heteroatoms. The topological polar surface area (TPSA) is 23.5 Å². The standard InChI is InChI=1S/C27H22ClNO/c28-22-15-17-23(18-16-22)29-25-14-8-7-13-24(25)27(30,21-11-5-2-6-12-21)19-26(29)20-9-3-1-4-10-20/h1-18,26,30H,19H2/t26-,27-/m0/s1. The number of para-hydroxylation sites is 1. The van der Waals surface area contributed by atoms with E-state index in [-0.39, 0.29) is 6.04 Å². The molecule has 0 fully saturated rings. The van der Waals surface area contributed by atoms with Crippen LogP contribution < -0.4 is 4.90 Å². The van der Waals surface area contributed by atoms with Gasteiger partial charge in [-0.05, 0) is 41.5 Å². The third-order valence-corrected chi connectivity index (χ3v) is 6.20. The molecule has 30 heavy (non-hydrogen) atoms. The highest BCUT2D eigenvalue weighted by Crippen LogP contribution is 2.52. The molecular formula is C27H22ClNO. The minimum absolute atomic E-state index is 0.0347. The molecule has 0 bridgehead atoms. The number of nitrogens with zero attached hydrogens (tertiary/aromatic N) is 1. The lowest BCUT2D eigenvalue weighted by atomic mass is 9.75. The van der Waals surface area contributed by atoms with Crippen molar-refractivity contribution >= 4 is 23.0 Å². The zero-order chi connectivity index (χ0) is 20.6. The fourth-order valence-electron chi connectivity index (χ4n) is 4.53. The zero-order valence-corrected chi connectivity index (χ0v) is 17.2. The van der Waals surface area contributed by atoms with E-state index in [2.05, 4.69) is 35.2 Å². The maximum absolute atomic E-state index is 12.1. The maximum Gasteiger partial charge on any atom is 0.119 e. The SMILES string of the molecule is O[C@]1(c2ccccc2)C[C@@H](c2ccccc2)N(c2ccc(Cl)cc2)c2ccccc21. The third-order valence-electron chi connectivity index (χ3n) is 5.95. The lowest BCUT2D eigenvalue weighted by Gasteiger charge is -2.47. The number of aliphatic hydroxyl groups is 1. The van der Waals surface area contributed by atoms with E-state index < -0.39 is 5.60 Å². The average molecular weight is 412 g/mol. The number of fused-ring (bicyclic) bond motifs is 1. The Morgan fingerprint density at radius 3 is 2.03 bits per heavy atom. The zero-order valence-electron chi connectivity index (χ0n) is 16.4. The highest BCUT2D eigenvalue weighted by molar-refractivity contribution is 6.30. The second-order valence-corrected chi connectivity index (χ2v) is 8.16. The predicted octanol–water partition coefficient (Wildman–Crippen LogP) is 6.86. The Morgan fingerprint density at radius 1 is 0.733 bits per heavy atom. The van der Waals surface area contributed by atoms with E-state index in [4.69, 9.17) is 11.6 Å². The summed E-state index contributed by atoms with van der Waals surface area (Å²) >= 11 is 6.17. The second-order valence-electron chi connectivity index (χ2n) is 7.72. The van der Waals surface area contributed by atoms with Gasteiger partial charge in [-0.3, -0.25) is 0 Å². The van der Waals surface area contributed by atoms with Crippen molar-refractivity contribution in [3.05, 3.63) is 131 Å². The summed E-state index contributed by atoms with van der Waals surface area (Å²) in [5.41, 5.74) is 3.97. The molecule has 1 aliphatic rings. The van der Waals surface area contributed by atoms with Crippen molar-refractivity contribution in [1.82, 2.24) is 0 Å². The Hall–Kier alpha value is -3.07. The van der Waals surface area contributed by atoms with Crippen LogP contribution in [0.2, 0.25) is 5.02 Å². The first kappa shape index (κ1) is 18.9. The van der Waals surface area contributed by atoms with Crippen LogP contribution in [-0.2, 0) is 5.60 Å². The molecule has 0 aliphatic carbocycles. The smallest absolute Gasteiger partial charge is 0.119 e. The summed E-state index contributed by atoms with van der Waals surface area (Å²) in [7, 11) is 0. The number of anilines is 2. The van der Waals surface area contributed by atoms with Gasteiger partial charge < -0.3 is 10.0 Å². The highest BCUT2D eigenvalue weighted by Gasteiger charge is 2.44. The van der Waals surface area contributed by atoms with Gasteiger partial charge in [0.2, 0.25) is 0 Å². The van der Waals surface area contributed by atoms with E-state index in [1.54, 1.807) is 0 Å². The van der Waals surface area contributed by atoms with Crippen LogP contribution in [0.5, 0.6) is 0 Å². The van der Waals surface area contributed by atoms with Gasteiger partial charge >= 0.3 is 0 Å². The van der Waals surface area contributed by atoms with Gasteiger partial charge in [-0.1, -0.05) is 90.5 Å². The van der Waals surface area contributed by atoms with Gasteiger partial charge in [0.1, 0.15) is 5.60 Å². The molecular weight excluding hydrogens is 390 g/mol. The van der Waals surface area contributed by atoms with Crippen molar-refractivity contribution in [1.29, 1.82) is 0 Å². The van der Waals surface area contributed by atoms with Crippen molar-refractivity contribution in [2.75, 3.05) is 4.90 Å². The van der Waals surface area contributed by atoms with Gasteiger partial charge in [-0.25, -0.2) is 0 Å². The fourth-order valence-corrected chi connectivity index (χ4v) is 4.66. The van der Waals surface area contributed by atoms with Gasteiger partial charge in [0.15, 0.2) is 0 Å². The van der Waals surface area contributed by atoms with E-state index in [1.165, 1.54) is 0 Å². The van der Waals surface area contributed by atoms with Crippen molar-refractivity contribution in [2.45, 2.75) is 18.1 Å². The number of hydrogen-bond donors (Lipinski definition) is 1. The molecule has 0 spiro atoms. The number of benzene rings is 4. The number of rotatable bonds is 3. The molecule has 1 heterocycles. The summed E-state index contributed by atoms with van der Waals surface area (Å²) < 4.78 is 0. The van der Waals surface area contributed by atoms with E-state index in [1.807, 2.05) is 78.9 Å². The summed E-state index contributed by atoms with van der Waals surface area (Å²) in [6, 6.07) is 36.4. The van der Waals surface area contributed by atoms with Crippen molar-refractivity contribution < 1.29 is 5.11 Å². The Kier molecular flexibility index (Phi) is 4.82. The van der Waals surface area contributed by atoms with Gasteiger partial charge in [-0.15, -0.1) is 0 Å². The van der Waals surface area contributed by atoms with Gasteiger partial charge in [0, 0.05) is 28.4 Å². The molecule has 4 aromatic rings. The van der Waals surface area contributed by atoms with Crippen LogP contribution >= 0.6 is 11.6 Å². The van der Waals surface area contributed by atoms with E-state index in [0.717, 1.165) is 28.1 Å². The van der Waals surface area contributed by atoms with E-state index in [0.29, 0.717) is 11.4 Å². The first-order valence-electron chi connectivity index (χ1n) is 10.1. The molecule has 2 atom stereocenters. The molecule has 0 aromatic heterocycles. The maximum atomic E-state index is 12.1. The van der Waals surface area contributed by atoms with Gasteiger partial charge in [0.05, 0.1) is 6.04 Å². The molecule has 0 saturated heterocycles. The third kappa shape index (κ3) is 3.19. The summed E-state index contributed by atoms with van der Waals surface area (Å²) in [6.07, 6.45) is 0.542. The van der Waals surface area contributed by atoms with Gasteiger partial charge in [-0.2, -0.15) is 0 Å². The molecule has 1 aliphatic heterocycles. The molecule has 1 N–H and O–H groups in total. The molecule has 148 valence electrons. The van der Waals surface area contributed by atoms with Crippen LogP contribution in [0.25, 0.3) is 0 Å². The summed E-state index contributed by atoms with van der Waals surface area (Å²) in [5, 5.41) is 12.8. The van der Waals surface area contributed by atoms with E-state index >= 15 is 0 Å². The first-order valence-corrected chi connectivity index (χ1v) is 10.5. The van der Waals surface area contributed by atoms with Crippen LogP contribution in [0.15, 0.2) is 109 Å². The Morgan fingerprint density at radius 2 is 1.33 bits per heavy atom. The molecule has 2 nitrogen and oxygen atoms in total. The van der Waals surface area contributed by atoms with Crippen LogP contribution in [0, 0.1) is 0 Å². The average Bonchev–Trinajstić information content (AvgIpc) is 2.81. The molecule has 5 rings (SSSR count). The normalized spacial score (nSPS) is 20.6. The van der Waals surface area contributed by atoms with Gasteiger partial charge in [0.25, 0.3) is 0 Å². The molecule has 0 saturated carbocycles. The Labute approximate surface area is 182 Å². The molecule has 4 aromatic carbocycles. The first-order chi connectivity index (χ1) is 14.7.